The highest BCUT2D eigenvalue weighted by Gasteiger charge is 2.53. The first-order chi connectivity index (χ1) is 26.5. The first-order valence-electron chi connectivity index (χ1n) is 17.4. The Morgan fingerprint density at radius 2 is 1.40 bits per heavy atom. The highest BCUT2D eigenvalue weighted by atomic mass is 32.2. The van der Waals surface area contributed by atoms with Crippen molar-refractivity contribution in [3.63, 3.8) is 0 Å². The second-order valence-electron chi connectivity index (χ2n) is 12.7. The standard InChI is InChI=1S/C41H38F3N3O7S/c42-41(43,44)54-35-20-12-29(13-21-35)28-45-47-39(49)40(24-27-55(50,51)36-10-5-2-6-11-36)37(32-16-14-31(15-17-32)30-8-3-1-4-9-30)53-38(46-40)33-18-22-34(23-19-33)52-26-7-25-48/h1-6,8-23,37,45,48H,7,24-28H2,(H,47,49)/t37-,40-/m0/s1. The number of alkyl halides is 3. The molecular weight excluding hydrogens is 736 g/mol. The number of ether oxygens (including phenoxy) is 3. The molecule has 286 valence electrons. The van der Waals surface area contributed by atoms with Gasteiger partial charge < -0.3 is 19.3 Å². The summed E-state index contributed by atoms with van der Waals surface area (Å²) in [6.45, 7) is 0.298. The van der Waals surface area contributed by atoms with Gasteiger partial charge >= 0.3 is 6.36 Å². The molecule has 55 heavy (non-hydrogen) atoms. The van der Waals surface area contributed by atoms with Gasteiger partial charge in [0.05, 0.1) is 17.3 Å². The Morgan fingerprint density at radius 3 is 2.04 bits per heavy atom. The molecule has 1 aliphatic heterocycles. The number of aliphatic hydroxyl groups is 1. The van der Waals surface area contributed by atoms with Crippen molar-refractivity contribution in [2.24, 2.45) is 4.99 Å². The number of aliphatic imine (C=N–C) groups is 1. The van der Waals surface area contributed by atoms with E-state index in [-0.39, 0.29) is 30.4 Å². The van der Waals surface area contributed by atoms with E-state index < -0.39 is 45.3 Å². The zero-order valence-corrected chi connectivity index (χ0v) is 30.2. The normalized spacial score (nSPS) is 16.9. The summed E-state index contributed by atoms with van der Waals surface area (Å²) in [6, 6.07) is 37.0. The number of nitrogens with one attached hydrogen (secondary N) is 2. The summed E-state index contributed by atoms with van der Waals surface area (Å²) in [6.07, 6.45) is -5.75. The minimum Gasteiger partial charge on any atom is -0.494 e. The van der Waals surface area contributed by atoms with E-state index in [0.717, 1.165) is 23.3 Å². The molecule has 0 spiro atoms. The van der Waals surface area contributed by atoms with Gasteiger partial charge in [-0.2, -0.15) is 0 Å². The molecule has 0 unspecified atom stereocenters. The van der Waals surface area contributed by atoms with Gasteiger partial charge in [0.15, 0.2) is 21.5 Å². The highest BCUT2D eigenvalue weighted by Crippen LogP contribution is 2.43. The number of hydrogen-bond donors (Lipinski definition) is 3. The second kappa shape index (κ2) is 17.2. The number of halogens is 3. The van der Waals surface area contributed by atoms with Crippen LogP contribution < -0.4 is 20.3 Å². The molecule has 2 atom stereocenters. The van der Waals surface area contributed by atoms with Crippen LogP contribution in [-0.4, -0.2) is 56.2 Å². The maximum absolute atomic E-state index is 14.5. The molecule has 0 bridgehead atoms. The van der Waals surface area contributed by atoms with Crippen molar-refractivity contribution >= 4 is 21.6 Å². The average Bonchev–Trinajstić information content (AvgIpc) is 3.59. The predicted octanol–water partition coefficient (Wildman–Crippen LogP) is 6.96. The smallest absolute Gasteiger partial charge is 0.494 e. The van der Waals surface area contributed by atoms with Gasteiger partial charge in [0, 0.05) is 31.6 Å². The third kappa shape index (κ3) is 9.89. The SMILES string of the molecule is O=C(NNCc1ccc(OC(F)(F)F)cc1)[C@@]1(CCS(=O)(=O)c2ccccc2)N=C(c2ccc(OCCCO)cc2)O[C@H]1c1ccc(-c2ccccc2)cc1. The molecule has 0 radical (unpaired) electrons. The van der Waals surface area contributed by atoms with Gasteiger partial charge in [-0.3, -0.25) is 10.2 Å². The lowest BCUT2D eigenvalue weighted by molar-refractivity contribution is -0.274. The van der Waals surface area contributed by atoms with Gasteiger partial charge in [0.25, 0.3) is 5.91 Å². The van der Waals surface area contributed by atoms with Gasteiger partial charge in [-0.15, -0.1) is 13.2 Å². The molecule has 10 nitrogen and oxygen atoms in total. The Kier molecular flexibility index (Phi) is 12.2. The molecule has 0 aliphatic carbocycles. The number of hydrogen-bond acceptors (Lipinski definition) is 9. The van der Waals surface area contributed by atoms with E-state index in [4.69, 9.17) is 19.6 Å². The number of carbonyl (C=O) groups excluding carboxylic acids is 1. The molecular formula is C41H38F3N3O7S. The number of benzene rings is 5. The van der Waals surface area contributed by atoms with Crippen LogP contribution in [0.1, 0.15) is 35.6 Å². The Labute approximate surface area is 316 Å². The zero-order chi connectivity index (χ0) is 38.9. The summed E-state index contributed by atoms with van der Waals surface area (Å²) < 4.78 is 81.4. The summed E-state index contributed by atoms with van der Waals surface area (Å²) >= 11 is 0. The number of sulfone groups is 1. The van der Waals surface area contributed by atoms with Gasteiger partial charge in [0.1, 0.15) is 11.5 Å². The first-order valence-corrected chi connectivity index (χ1v) is 19.0. The van der Waals surface area contributed by atoms with Crippen molar-refractivity contribution in [2.45, 2.75) is 42.3 Å². The van der Waals surface area contributed by atoms with Crippen LogP contribution in [0, 0.1) is 0 Å². The molecule has 3 N–H and O–H groups in total. The van der Waals surface area contributed by atoms with Crippen molar-refractivity contribution < 1.29 is 45.7 Å². The van der Waals surface area contributed by atoms with Crippen LogP contribution in [0.5, 0.6) is 11.5 Å². The molecule has 5 aromatic rings. The van der Waals surface area contributed by atoms with Crippen LogP contribution in [0.25, 0.3) is 11.1 Å². The van der Waals surface area contributed by atoms with E-state index >= 15 is 0 Å². The molecule has 6 rings (SSSR count). The van der Waals surface area contributed by atoms with Crippen molar-refractivity contribution in [1.29, 1.82) is 0 Å². The Bertz CT molecular complexity index is 2170. The summed E-state index contributed by atoms with van der Waals surface area (Å²) in [4.78, 5) is 19.5. The quantitative estimate of drug-likeness (QED) is 0.0725. The van der Waals surface area contributed by atoms with Crippen LogP contribution in [0.4, 0.5) is 13.2 Å². The van der Waals surface area contributed by atoms with Gasteiger partial charge in [0.2, 0.25) is 5.90 Å². The topological polar surface area (TPSA) is 136 Å². The third-order valence-corrected chi connectivity index (χ3v) is 10.6. The summed E-state index contributed by atoms with van der Waals surface area (Å²) in [5.74, 6) is -0.893. The molecule has 1 aliphatic rings. The van der Waals surface area contributed by atoms with Crippen molar-refractivity contribution in [2.75, 3.05) is 19.0 Å². The molecule has 0 saturated carbocycles. The highest BCUT2D eigenvalue weighted by molar-refractivity contribution is 7.91. The monoisotopic (exact) mass is 773 g/mol. The average molecular weight is 774 g/mol. The van der Waals surface area contributed by atoms with E-state index in [0.29, 0.717) is 35.5 Å². The fourth-order valence-corrected chi connectivity index (χ4v) is 7.42. The number of hydrazine groups is 1. The maximum Gasteiger partial charge on any atom is 0.573 e. The van der Waals surface area contributed by atoms with E-state index in [2.05, 4.69) is 15.6 Å². The molecule has 0 fully saturated rings. The van der Waals surface area contributed by atoms with Crippen LogP contribution >= 0.6 is 0 Å². The zero-order valence-electron chi connectivity index (χ0n) is 29.4. The number of nitrogens with zero attached hydrogens (tertiary/aromatic N) is 1. The van der Waals surface area contributed by atoms with E-state index in [9.17, 15) is 26.4 Å². The number of amides is 1. The van der Waals surface area contributed by atoms with Gasteiger partial charge in [-0.1, -0.05) is 84.9 Å². The molecule has 0 saturated heterocycles. The third-order valence-electron chi connectivity index (χ3n) is 8.86. The summed E-state index contributed by atoms with van der Waals surface area (Å²) in [7, 11) is -3.90. The van der Waals surface area contributed by atoms with Gasteiger partial charge in [-0.05, 0) is 70.8 Å². The van der Waals surface area contributed by atoms with Crippen LogP contribution in [0.2, 0.25) is 0 Å². The predicted molar refractivity (Wildman–Crippen MR) is 200 cm³/mol. The van der Waals surface area contributed by atoms with Crippen LogP contribution in [0.3, 0.4) is 0 Å². The van der Waals surface area contributed by atoms with Gasteiger partial charge in [-0.25, -0.2) is 18.8 Å². The molecule has 1 heterocycles. The Morgan fingerprint density at radius 1 is 0.800 bits per heavy atom. The lowest BCUT2D eigenvalue weighted by Crippen LogP contribution is -2.53. The lowest BCUT2D eigenvalue weighted by Gasteiger charge is -2.30. The molecule has 5 aromatic carbocycles. The molecule has 14 heteroatoms. The fraction of sp³-hybridized carbons (Fsp3) is 0.220. The number of aliphatic hydroxyl groups excluding tert-OH is 1. The first kappa shape index (κ1) is 39.0. The van der Waals surface area contributed by atoms with Crippen molar-refractivity contribution in [3.8, 4) is 22.6 Å². The van der Waals surface area contributed by atoms with E-state index in [1.54, 1.807) is 42.5 Å². The maximum atomic E-state index is 14.5. The minimum absolute atomic E-state index is 0.00203. The molecule has 1 amide bonds. The minimum atomic E-state index is -4.84. The molecule has 0 aromatic heterocycles. The Balaban J connectivity index is 1.34. The van der Waals surface area contributed by atoms with Crippen molar-refractivity contribution in [3.05, 3.63) is 150 Å². The van der Waals surface area contributed by atoms with Crippen molar-refractivity contribution in [1.82, 2.24) is 10.9 Å². The van der Waals surface area contributed by atoms with E-state index in [1.165, 1.54) is 24.3 Å². The Hall–Kier alpha value is -5.70. The summed E-state index contributed by atoms with van der Waals surface area (Å²) in [5.41, 5.74) is 7.15. The number of carbonyl (C=O) groups is 1. The second-order valence-corrected chi connectivity index (χ2v) is 14.8. The van der Waals surface area contributed by atoms with Crippen LogP contribution in [-0.2, 0) is 25.9 Å². The fourth-order valence-electron chi connectivity index (χ4n) is 6.03. The largest absolute Gasteiger partial charge is 0.573 e. The van der Waals surface area contributed by atoms with E-state index in [1.807, 2.05) is 54.6 Å². The van der Waals surface area contributed by atoms with Crippen LogP contribution in [0.15, 0.2) is 143 Å². The summed E-state index contributed by atoms with van der Waals surface area (Å²) in [5, 5.41) is 9.11. The number of rotatable bonds is 16. The lowest BCUT2D eigenvalue weighted by atomic mass is 9.84.